The molecule has 0 amide bonds. The van der Waals surface area contributed by atoms with Gasteiger partial charge in [0.05, 0.1) is 23.6 Å². The Bertz CT molecular complexity index is 1350. The van der Waals surface area contributed by atoms with Gasteiger partial charge in [-0.25, -0.2) is 14.8 Å². The molecular formula is C31H41FN8. The molecule has 2 fully saturated rings. The minimum absolute atomic E-state index is 0.169. The predicted octanol–water partition coefficient (Wildman–Crippen LogP) is 3.76. The van der Waals surface area contributed by atoms with Crippen LogP contribution in [0.4, 0.5) is 15.8 Å². The van der Waals surface area contributed by atoms with Gasteiger partial charge in [0, 0.05) is 55.7 Å². The molecular weight excluding hydrogens is 503 g/mol. The van der Waals surface area contributed by atoms with Crippen molar-refractivity contribution in [3.05, 3.63) is 65.0 Å². The first-order valence-corrected chi connectivity index (χ1v) is 14.5. The Labute approximate surface area is 236 Å². The van der Waals surface area contributed by atoms with Gasteiger partial charge >= 0.3 is 0 Å². The maximum Gasteiger partial charge on any atom is 0.123 e. The van der Waals surface area contributed by atoms with Crippen LogP contribution in [0.3, 0.4) is 0 Å². The molecule has 4 heterocycles. The molecule has 1 spiro atoms. The SMILES string of the molecule is CC(C)N1NCC=C1c1cc(F)ccc1CC1CN=CN=C1N1CCC2(CCN(Cc3ccc(N)c(N)c3)C2)C1. The molecule has 4 aliphatic heterocycles. The molecule has 0 aliphatic carbocycles. The number of rotatable bonds is 6. The van der Waals surface area contributed by atoms with Crippen LogP contribution in [-0.4, -0.2) is 72.3 Å². The van der Waals surface area contributed by atoms with Crippen molar-refractivity contribution in [2.24, 2.45) is 21.3 Å². The quantitative estimate of drug-likeness (QED) is 0.479. The van der Waals surface area contributed by atoms with Gasteiger partial charge in [0.1, 0.15) is 18.0 Å². The lowest BCUT2D eigenvalue weighted by Crippen LogP contribution is -2.40. The third-order valence-corrected chi connectivity index (χ3v) is 8.95. The maximum absolute atomic E-state index is 14.5. The van der Waals surface area contributed by atoms with E-state index in [0.29, 0.717) is 17.9 Å². The first kappa shape index (κ1) is 26.8. The number of hydrazine groups is 1. The van der Waals surface area contributed by atoms with Gasteiger partial charge < -0.3 is 21.4 Å². The second kappa shape index (κ2) is 10.9. The number of hydrogen-bond acceptors (Lipinski definition) is 8. The highest BCUT2D eigenvalue weighted by Gasteiger charge is 2.45. The van der Waals surface area contributed by atoms with Crippen molar-refractivity contribution in [3.8, 4) is 0 Å². The highest BCUT2D eigenvalue weighted by atomic mass is 19.1. The molecule has 212 valence electrons. The van der Waals surface area contributed by atoms with E-state index in [1.165, 1.54) is 18.4 Å². The molecule has 0 radical (unpaired) electrons. The zero-order valence-corrected chi connectivity index (χ0v) is 23.6. The summed E-state index contributed by atoms with van der Waals surface area (Å²) in [6, 6.07) is 11.5. The third kappa shape index (κ3) is 5.32. The van der Waals surface area contributed by atoms with Gasteiger partial charge in [-0.1, -0.05) is 12.1 Å². The molecule has 5 N–H and O–H groups in total. The molecule has 8 nitrogen and oxygen atoms in total. The Kier molecular flexibility index (Phi) is 7.27. The number of nitrogens with one attached hydrogen (secondary N) is 1. The van der Waals surface area contributed by atoms with Crippen molar-refractivity contribution in [2.45, 2.75) is 45.7 Å². The first-order valence-electron chi connectivity index (χ1n) is 14.5. The number of amidine groups is 1. The molecule has 0 saturated carbocycles. The van der Waals surface area contributed by atoms with Gasteiger partial charge in [0.2, 0.25) is 0 Å². The van der Waals surface area contributed by atoms with Crippen LogP contribution >= 0.6 is 0 Å². The Morgan fingerprint density at radius 2 is 1.93 bits per heavy atom. The molecule has 6 rings (SSSR count). The number of hydrogen-bond donors (Lipinski definition) is 3. The Hall–Kier alpha value is -3.43. The number of likely N-dealkylation sites (tertiary alicyclic amines) is 2. The third-order valence-electron chi connectivity index (χ3n) is 8.95. The largest absolute Gasteiger partial charge is 0.397 e. The zero-order valence-electron chi connectivity index (χ0n) is 23.6. The Morgan fingerprint density at radius 3 is 2.75 bits per heavy atom. The van der Waals surface area contributed by atoms with E-state index >= 15 is 0 Å². The number of nitrogen functional groups attached to an aromatic ring is 2. The van der Waals surface area contributed by atoms with Crippen LogP contribution < -0.4 is 16.9 Å². The maximum atomic E-state index is 14.5. The molecule has 0 aromatic heterocycles. The van der Waals surface area contributed by atoms with E-state index < -0.39 is 0 Å². The van der Waals surface area contributed by atoms with Gasteiger partial charge in [0.25, 0.3) is 0 Å². The van der Waals surface area contributed by atoms with Crippen LogP contribution in [0.2, 0.25) is 0 Å². The fourth-order valence-electron chi connectivity index (χ4n) is 6.92. The molecule has 2 unspecified atom stereocenters. The van der Waals surface area contributed by atoms with Crippen molar-refractivity contribution < 1.29 is 4.39 Å². The summed E-state index contributed by atoms with van der Waals surface area (Å²) in [5.74, 6) is 1.09. The number of nitrogens with two attached hydrogens (primary N) is 2. The lowest BCUT2D eigenvalue weighted by atomic mass is 9.86. The summed E-state index contributed by atoms with van der Waals surface area (Å²) in [6.45, 7) is 10.8. The van der Waals surface area contributed by atoms with E-state index in [2.05, 4.69) is 51.2 Å². The van der Waals surface area contributed by atoms with E-state index in [-0.39, 0.29) is 23.2 Å². The second-order valence-corrected chi connectivity index (χ2v) is 12.2. The summed E-state index contributed by atoms with van der Waals surface area (Å²) in [5, 5.41) is 2.14. The van der Waals surface area contributed by atoms with E-state index in [9.17, 15) is 4.39 Å². The van der Waals surface area contributed by atoms with Crippen LogP contribution in [0, 0.1) is 17.2 Å². The number of halogens is 1. The average Bonchev–Trinajstić information content (AvgIpc) is 3.68. The Morgan fingerprint density at radius 1 is 1.07 bits per heavy atom. The van der Waals surface area contributed by atoms with Crippen LogP contribution in [0.25, 0.3) is 5.70 Å². The Balaban J connectivity index is 1.15. The van der Waals surface area contributed by atoms with E-state index in [0.717, 1.165) is 68.3 Å². The molecule has 0 bridgehead atoms. The molecule has 2 atom stereocenters. The number of aliphatic imine (C=N–C) groups is 2. The predicted molar refractivity (Wildman–Crippen MR) is 161 cm³/mol. The van der Waals surface area contributed by atoms with Crippen molar-refractivity contribution in [3.63, 3.8) is 0 Å². The standard InChI is InChI=1S/C31H41FN8/c1-21(2)40-29(7-10-37-40)26-15-25(32)5-4-23(26)14-24-16-35-20-36-30(24)39-12-9-31(19-39)8-11-38(18-31)17-22-3-6-27(33)28(34)13-22/h3-7,13,15,20-21,24,37H,8-12,14,16-19,33-34H2,1-2H3. The summed E-state index contributed by atoms with van der Waals surface area (Å²) in [7, 11) is 0. The van der Waals surface area contributed by atoms with Crippen LogP contribution in [0.1, 0.15) is 43.4 Å². The van der Waals surface area contributed by atoms with Gasteiger partial charge in [-0.05, 0) is 81.1 Å². The molecule has 2 aromatic rings. The zero-order chi connectivity index (χ0) is 27.9. The van der Waals surface area contributed by atoms with E-state index in [1.807, 2.05) is 18.2 Å². The smallest absolute Gasteiger partial charge is 0.123 e. The van der Waals surface area contributed by atoms with Gasteiger partial charge in [0.15, 0.2) is 0 Å². The van der Waals surface area contributed by atoms with Gasteiger partial charge in [-0.15, -0.1) is 0 Å². The lowest BCUT2D eigenvalue weighted by Gasteiger charge is -2.32. The molecule has 4 aliphatic rings. The fraction of sp³-hybridized carbons (Fsp3) is 0.484. The number of nitrogens with zero attached hydrogens (tertiary/aromatic N) is 5. The fourth-order valence-corrected chi connectivity index (χ4v) is 6.92. The summed E-state index contributed by atoms with van der Waals surface area (Å²) in [6.07, 6.45) is 7.01. The summed E-state index contributed by atoms with van der Waals surface area (Å²) < 4.78 is 14.5. The normalized spacial score (nSPS) is 24.9. The summed E-state index contributed by atoms with van der Waals surface area (Å²) in [4.78, 5) is 14.4. The highest BCUT2D eigenvalue weighted by molar-refractivity contribution is 5.93. The number of anilines is 2. The molecule has 9 heteroatoms. The topological polar surface area (TPSA) is 98.5 Å². The molecule has 2 saturated heterocycles. The van der Waals surface area contributed by atoms with Crippen molar-refractivity contribution >= 4 is 29.2 Å². The number of benzene rings is 2. The summed E-state index contributed by atoms with van der Waals surface area (Å²) >= 11 is 0. The monoisotopic (exact) mass is 544 g/mol. The lowest BCUT2D eigenvalue weighted by molar-refractivity contribution is 0.258. The molecule has 2 aromatic carbocycles. The van der Waals surface area contributed by atoms with Crippen molar-refractivity contribution in [1.29, 1.82) is 0 Å². The van der Waals surface area contributed by atoms with Crippen molar-refractivity contribution in [1.82, 2.24) is 20.2 Å². The van der Waals surface area contributed by atoms with Crippen molar-refractivity contribution in [2.75, 3.05) is 50.7 Å². The minimum atomic E-state index is -0.209. The van der Waals surface area contributed by atoms with Gasteiger partial charge in [-0.2, -0.15) is 0 Å². The van der Waals surface area contributed by atoms with Gasteiger partial charge in [-0.3, -0.25) is 9.89 Å². The van der Waals surface area contributed by atoms with Crippen LogP contribution in [0.15, 0.2) is 52.5 Å². The summed E-state index contributed by atoms with van der Waals surface area (Å²) in [5.41, 5.74) is 21.3. The van der Waals surface area contributed by atoms with E-state index in [4.69, 9.17) is 16.5 Å². The van der Waals surface area contributed by atoms with E-state index in [1.54, 1.807) is 18.5 Å². The second-order valence-electron chi connectivity index (χ2n) is 12.2. The average molecular weight is 545 g/mol. The van der Waals surface area contributed by atoms with Crippen LogP contribution in [0.5, 0.6) is 0 Å². The first-order chi connectivity index (χ1) is 19.3. The minimum Gasteiger partial charge on any atom is -0.397 e. The van der Waals surface area contributed by atoms with Crippen LogP contribution in [-0.2, 0) is 13.0 Å². The highest BCUT2D eigenvalue weighted by Crippen LogP contribution is 2.41. The molecule has 40 heavy (non-hydrogen) atoms.